The summed E-state index contributed by atoms with van der Waals surface area (Å²) in [5.41, 5.74) is 0.510. The Hall–Kier alpha value is -1.61. The molecule has 3 heterocycles. The molecule has 2 N–H and O–H groups in total. The number of thiazole rings is 1. The molecule has 0 saturated carbocycles. The van der Waals surface area contributed by atoms with E-state index in [0.29, 0.717) is 12.8 Å². The number of aryl methyl sites for hydroxylation is 1. The van der Waals surface area contributed by atoms with Crippen molar-refractivity contribution in [2.75, 3.05) is 0 Å². The second kappa shape index (κ2) is 10.8. The summed E-state index contributed by atoms with van der Waals surface area (Å²) in [7, 11) is 0. The van der Waals surface area contributed by atoms with Gasteiger partial charge in [-0.3, -0.25) is 9.59 Å². The number of aliphatic hydroxyl groups excluding tert-OH is 2. The van der Waals surface area contributed by atoms with Gasteiger partial charge in [0.05, 0.1) is 47.0 Å². The summed E-state index contributed by atoms with van der Waals surface area (Å²) in [5, 5.41) is 24.2. The Morgan fingerprint density at radius 3 is 2.58 bits per heavy atom. The van der Waals surface area contributed by atoms with Crippen LogP contribution in [0.2, 0.25) is 0 Å². The van der Waals surface area contributed by atoms with E-state index >= 15 is 0 Å². The first-order valence-corrected chi connectivity index (χ1v) is 12.7. The number of hydrogen-bond acceptors (Lipinski definition) is 8. The van der Waals surface area contributed by atoms with Gasteiger partial charge < -0.3 is 19.7 Å². The van der Waals surface area contributed by atoms with Gasteiger partial charge >= 0.3 is 5.97 Å². The Bertz CT molecular complexity index is 878. The van der Waals surface area contributed by atoms with E-state index in [-0.39, 0.29) is 24.4 Å². The summed E-state index contributed by atoms with van der Waals surface area (Å²) in [5.74, 6) is -1.43. The van der Waals surface area contributed by atoms with Crippen LogP contribution in [0.5, 0.6) is 0 Å². The van der Waals surface area contributed by atoms with Crippen LogP contribution >= 0.6 is 11.3 Å². The number of Topliss-reactive ketones (excluding diaryl/α,β-unsaturated/α-hetero) is 1. The first-order chi connectivity index (χ1) is 15.5. The van der Waals surface area contributed by atoms with Crippen molar-refractivity contribution >= 4 is 29.2 Å². The molecule has 3 rings (SSSR count). The Morgan fingerprint density at radius 1 is 1.21 bits per heavy atom. The maximum absolute atomic E-state index is 13.0. The van der Waals surface area contributed by atoms with Gasteiger partial charge in [0.1, 0.15) is 11.9 Å². The van der Waals surface area contributed by atoms with Crippen molar-refractivity contribution in [3.8, 4) is 0 Å². The topological polar surface area (TPSA) is 109 Å². The van der Waals surface area contributed by atoms with E-state index in [0.717, 1.165) is 35.5 Å². The van der Waals surface area contributed by atoms with Crippen molar-refractivity contribution in [3.63, 3.8) is 0 Å². The van der Waals surface area contributed by atoms with E-state index in [1.165, 1.54) is 0 Å². The van der Waals surface area contributed by atoms with E-state index in [2.05, 4.69) is 4.98 Å². The van der Waals surface area contributed by atoms with E-state index in [9.17, 15) is 19.8 Å². The van der Waals surface area contributed by atoms with Gasteiger partial charge in [0.15, 0.2) is 0 Å². The molecule has 0 amide bonds. The quantitative estimate of drug-likeness (QED) is 0.490. The van der Waals surface area contributed by atoms with E-state index < -0.39 is 35.6 Å². The SMILES string of the molecule is C/C(=C\c1csc(C)n1)[C@@H]1C[C@@H]2O[C@@H]2CCCCC(O)[C@@H](C)C(=O)C(C)(C)[C@@H](O)CC(=O)O1. The van der Waals surface area contributed by atoms with E-state index in [1.54, 1.807) is 32.1 Å². The van der Waals surface area contributed by atoms with Gasteiger partial charge in [-0.15, -0.1) is 11.3 Å². The molecule has 33 heavy (non-hydrogen) atoms. The third-order valence-corrected chi connectivity index (χ3v) is 7.78. The van der Waals surface area contributed by atoms with Gasteiger partial charge in [-0.05, 0) is 38.3 Å². The van der Waals surface area contributed by atoms with Gasteiger partial charge in [-0.2, -0.15) is 0 Å². The number of fused-ring (bicyclic) bond motifs is 1. The summed E-state index contributed by atoms with van der Waals surface area (Å²) in [6, 6.07) is 0. The Balaban J connectivity index is 1.79. The molecule has 2 fully saturated rings. The molecule has 0 radical (unpaired) electrons. The monoisotopic (exact) mass is 479 g/mol. The minimum Gasteiger partial charge on any atom is -0.458 e. The predicted molar refractivity (Wildman–Crippen MR) is 127 cm³/mol. The predicted octanol–water partition coefficient (Wildman–Crippen LogP) is 3.84. The number of cyclic esters (lactones) is 1. The van der Waals surface area contributed by atoms with Gasteiger partial charge in [-0.1, -0.05) is 33.6 Å². The zero-order valence-corrected chi connectivity index (χ0v) is 21.1. The molecule has 8 heteroatoms. The van der Waals surface area contributed by atoms with E-state index in [1.807, 2.05) is 25.3 Å². The van der Waals surface area contributed by atoms with Crippen LogP contribution in [0, 0.1) is 18.3 Å². The molecule has 1 aromatic heterocycles. The molecule has 1 aromatic rings. The summed E-state index contributed by atoms with van der Waals surface area (Å²) in [6.45, 7) is 8.78. The van der Waals surface area contributed by atoms with Crippen LogP contribution in [0.15, 0.2) is 11.0 Å². The maximum Gasteiger partial charge on any atom is 0.309 e. The molecule has 7 nitrogen and oxygen atoms in total. The summed E-state index contributed by atoms with van der Waals surface area (Å²) >= 11 is 1.56. The van der Waals surface area contributed by atoms with Gasteiger partial charge in [0.2, 0.25) is 0 Å². The summed E-state index contributed by atoms with van der Waals surface area (Å²) < 4.78 is 11.6. The van der Waals surface area contributed by atoms with Crippen LogP contribution in [-0.2, 0) is 19.1 Å². The lowest BCUT2D eigenvalue weighted by Crippen LogP contribution is -2.44. The van der Waals surface area contributed by atoms with Crippen molar-refractivity contribution in [3.05, 3.63) is 21.7 Å². The van der Waals surface area contributed by atoms with Crippen LogP contribution in [0.3, 0.4) is 0 Å². The zero-order chi connectivity index (χ0) is 24.3. The lowest BCUT2D eigenvalue weighted by molar-refractivity contribution is -0.154. The first kappa shape index (κ1) is 26.0. The number of epoxide rings is 1. The highest BCUT2D eigenvalue weighted by Crippen LogP contribution is 2.35. The Kier molecular flexibility index (Phi) is 8.48. The number of aromatic nitrogens is 1. The standard InChI is InChI=1S/C25H37NO6S/c1-14(10-17-13-33-16(3)26-17)20-11-21-19(31-21)9-7-6-8-18(27)15(2)24(30)25(4,5)22(28)12-23(29)32-20/h10,13,15,18-22,27-28H,6-9,11-12H2,1-5H3/b14-10+/t15-,18?,19-,20+,21+,22+/m1/s1. The molecule has 6 atom stereocenters. The first-order valence-electron chi connectivity index (χ1n) is 11.8. The minimum absolute atomic E-state index is 0.0167. The van der Waals surface area contributed by atoms with Gasteiger partial charge in [0.25, 0.3) is 0 Å². The van der Waals surface area contributed by atoms with Crippen molar-refractivity contribution in [2.24, 2.45) is 11.3 Å². The largest absolute Gasteiger partial charge is 0.458 e. The summed E-state index contributed by atoms with van der Waals surface area (Å²) in [4.78, 5) is 30.3. The van der Waals surface area contributed by atoms with Crippen LogP contribution < -0.4 is 0 Å². The highest BCUT2D eigenvalue weighted by atomic mass is 32.1. The lowest BCUT2D eigenvalue weighted by atomic mass is 9.74. The maximum atomic E-state index is 13.0. The van der Waals surface area contributed by atoms with Crippen molar-refractivity contribution < 1.29 is 29.3 Å². The highest BCUT2D eigenvalue weighted by Gasteiger charge is 2.43. The molecular weight excluding hydrogens is 442 g/mol. The number of carbonyl (C=O) groups excluding carboxylic acids is 2. The Morgan fingerprint density at radius 2 is 1.91 bits per heavy atom. The van der Waals surface area contributed by atoms with Gasteiger partial charge in [0, 0.05) is 17.7 Å². The third kappa shape index (κ3) is 6.72. The molecule has 0 bridgehead atoms. The molecule has 1 unspecified atom stereocenters. The number of hydrogen-bond donors (Lipinski definition) is 2. The number of esters is 1. The second-order valence-electron chi connectivity index (χ2n) is 10.1. The van der Waals surface area contributed by atoms with Crippen molar-refractivity contribution in [2.45, 2.75) is 104 Å². The molecule has 2 aliphatic rings. The fraction of sp³-hybridized carbons (Fsp3) is 0.720. The molecule has 0 aromatic carbocycles. The average Bonchev–Trinajstić information content (AvgIpc) is 3.36. The number of aliphatic hydroxyl groups is 2. The van der Waals surface area contributed by atoms with E-state index in [4.69, 9.17) is 9.47 Å². The second-order valence-corrected chi connectivity index (χ2v) is 11.1. The van der Waals surface area contributed by atoms with Crippen LogP contribution in [0.4, 0.5) is 0 Å². The number of ether oxygens (including phenoxy) is 2. The highest BCUT2D eigenvalue weighted by molar-refractivity contribution is 7.09. The number of rotatable bonds is 2. The number of ketones is 1. The molecule has 2 aliphatic heterocycles. The molecule has 0 spiro atoms. The Labute approximate surface area is 200 Å². The van der Waals surface area contributed by atoms with Crippen molar-refractivity contribution in [1.29, 1.82) is 0 Å². The minimum atomic E-state index is -1.21. The molecule has 184 valence electrons. The van der Waals surface area contributed by atoms with Crippen LogP contribution in [0.25, 0.3) is 6.08 Å². The molecule has 0 aliphatic carbocycles. The van der Waals surface area contributed by atoms with Gasteiger partial charge in [-0.25, -0.2) is 4.98 Å². The fourth-order valence-electron chi connectivity index (χ4n) is 4.45. The fourth-order valence-corrected chi connectivity index (χ4v) is 5.02. The number of carbonyl (C=O) groups is 2. The normalized spacial score (nSPS) is 34.5. The number of nitrogens with zero attached hydrogens (tertiary/aromatic N) is 1. The van der Waals surface area contributed by atoms with Crippen molar-refractivity contribution in [1.82, 2.24) is 4.98 Å². The third-order valence-electron chi connectivity index (χ3n) is 6.99. The zero-order valence-electron chi connectivity index (χ0n) is 20.2. The molecular formula is C25H37NO6S. The summed E-state index contributed by atoms with van der Waals surface area (Å²) in [6.07, 6.45) is 2.92. The van der Waals surface area contributed by atoms with Crippen LogP contribution in [0.1, 0.15) is 76.9 Å². The average molecular weight is 480 g/mol. The smallest absolute Gasteiger partial charge is 0.309 e. The van der Waals surface area contributed by atoms with Crippen LogP contribution in [-0.4, -0.2) is 57.5 Å². The lowest BCUT2D eigenvalue weighted by Gasteiger charge is -2.33. The molecule has 2 saturated heterocycles.